The van der Waals surface area contributed by atoms with Crippen molar-refractivity contribution in [3.05, 3.63) is 0 Å². The number of amides is 1. The van der Waals surface area contributed by atoms with E-state index in [9.17, 15) is 14.7 Å². The maximum atomic E-state index is 12.1. The van der Waals surface area contributed by atoms with Gasteiger partial charge in [-0.2, -0.15) is 0 Å². The molecule has 1 fully saturated rings. The average molecular weight is 270 g/mol. The zero-order valence-corrected chi connectivity index (χ0v) is 11.9. The van der Waals surface area contributed by atoms with Crippen LogP contribution in [0.4, 0.5) is 0 Å². The minimum absolute atomic E-state index is 0.0392. The number of rotatable bonds is 6. The highest BCUT2D eigenvalue weighted by molar-refractivity contribution is 5.80. The zero-order chi connectivity index (χ0) is 14.5. The molecule has 0 aromatic rings. The molecule has 0 heterocycles. The minimum atomic E-state index is -0.841. The summed E-state index contributed by atoms with van der Waals surface area (Å²) in [5.74, 6) is -0.926. The second-order valence-electron chi connectivity index (χ2n) is 5.63. The molecule has 0 radical (unpaired) electrons. The third-order valence-electron chi connectivity index (χ3n) is 4.49. The molecule has 0 bridgehead atoms. The van der Waals surface area contributed by atoms with Crippen LogP contribution in [0.25, 0.3) is 0 Å². The summed E-state index contributed by atoms with van der Waals surface area (Å²) in [7, 11) is 0. The Morgan fingerprint density at radius 2 is 1.95 bits per heavy atom. The van der Waals surface area contributed by atoms with Crippen molar-refractivity contribution in [3.8, 4) is 0 Å². The van der Waals surface area contributed by atoms with Crippen molar-refractivity contribution in [2.24, 2.45) is 17.1 Å². The predicted octanol–water partition coefficient (Wildman–Crippen LogP) is 1.51. The van der Waals surface area contributed by atoms with Crippen LogP contribution >= 0.6 is 0 Å². The van der Waals surface area contributed by atoms with Gasteiger partial charge in [-0.15, -0.1) is 0 Å². The number of nitrogens with one attached hydrogen (secondary N) is 1. The monoisotopic (exact) mass is 270 g/mol. The van der Waals surface area contributed by atoms with Crippen LogP contribution in [-0.4, -0.2) is 29.6 Å². The number of carboxylic acids is 1. The second kappa shape index (κ2) is 6.89. The Hall–Kier alpha value is -1.10. The lowest BCUT2D eigenvalue weighted by Crippen LogP contribution is -2.45. The Morgan fingerprint density at radius 3 is 2.42 bits per heavy atom. The number of hydrogen-bond donors (Lipinski definition) is 3. The lowest BCUT2D eigenvalue weighted by Gasteiger charge is -2.30. The number of hydrogen-bond acceptors (Lipinski definition) is 3. The van der Waals surface area contributed by atoms with Gasteiger partial charge >= 0.3 is 5.97 Å². The molecule has 5 nitrogen and oxygen atoms in total. The number of carbonyl (C=O) groups excluding carboxylic acids is 1. The summed E-state index contributed by atoms with van der Waals surface area (Å²) in [6, 6.07) is 0.103. The van der Waals surface area contributed by atoms with E-state index in [4.69, 9.17) is 5.73 Å². The fraction of sp³-hybridized carbons (Fsp3) is 0.857. The summed E-state index contributed by atoms with van der Waals surface area (Å²) in [6.45, 7) is 3.90. The first-order valence-electron chi connectivity index (χ1n) is 7.22. The molecule has 5 heteroatoms. The van der Waals surface area contributed by atoms with Crippen LogP contribution in [0.3, 0.4) is 0 Å². The van der Waals surface area contributed by atoms with Crippen molar-refractivity contribution < 1.29 is 14.7 Å². The lowest BCUT2D eigenvalue weighted by atomic mass is 9.81. The van der Waals surface area contributed by atoms with Crippen molar-refractivity contribution in [2.45, 2.75) is 58.4 Å². The van der Waals surface area contributed by atoms with Gasteiger partial charge in [-0.05, 0) is 32.1 Å². The highest BCUT2D eigenvalue weighted by Gasteiger charge is 2.36. The summed E-state index contributed by atoms with van der Waals surface area (Å²) in [6.07, 6.45) is 4.56. The van der Waals surface area contributed by atoms with Crippen LogP contribution in [-0.2, 0) is 9.59 Å². The number of carboxylic acid groups (broad SMARTS) is 1. The molecule has 1 aliphatic carbocycles. The molecule has 0 aromatic heterocycles. The molecule has 1 rings (SSSR count). The molecule has 1 aliphatic rings. The van der Waals surface area contributed by atoms with Gasteiger partial charge in [0.25, 0.3) is 0 Å². The summed E-state index contributed by atoms with van der Waals surface area (Å²) in [4.78, 5) is 23.4. The molecule has 0 aromatic carbocycles. The Kier molecular flexibility index (Phi) is 5.79. The largest absolute Gasteiger partial charge is 0.481 e. The maximum Gasteiger partial charge on any atom is 0.311 e. The topological polar surface area (TPSA) is 92.4 Å². The quantitative estimate of drug-likeness (QED) is 0.682. The first-order valence-corrected chi connectivity index (χ1v) is 7.22. The summed E-state index contributed by atoms with van der Waals surface area (Å²) in [5, 5.41) is 12.1. The number of nitrogens with two attached hydrogens (primary N) is 1. The van der Waals surface area contributed by atoms with Gasteiger partial charge in [-0.1, -0.05) is 20.3 Å². The lowest BCUT2D eigenvalue weighted by molar-refractivity contribution is -0.149. The molecule has 0 spiro atoms. The standard InChI is InChI=1S/C14H26N2O3/c1-3-14(4-2,13(18)19)9-16-12(17)10-6-5-7-11(15)8-10/h10-11H,3-9,15H2,1-2H3,(H,16,17)(H,18,19). The Morgan fingerprint density at radius 1 is 1.32 bits per heavy atom. The molecule has 4 N–H and O–H groups in total. The van der Waals surface area contributed by atoms with Gasteiger partial charge in [0.05, 0.1) is 5.41 Å². The van der Waals surface area contributed by atoms with Crippen molar-refractivity contribution >= 4 is 11.9 Å². The first kappa shape index (κ1) is 16.0. The van der Waals surface area contributed by atoms with E-state index in [1.807, 2.05) is 13.8 Å². The Labute approximate surface area is 114 Å². The summed E-state index contributed by atoms with van der Waals surface area (Å²) in [5.41, 5.74) is 5.03. The number of aliphatic carboxylic acids is 1. The van der Waals surface area contributed by atoms with E-state index in [-0.39, 0.29) is 24.4 Å². The SMILES string of the molecule is CCC(CC)(CNC(=O)C1CCCC(N)C1)C(=O)O. The van der Waals surface area contributed by atoms with Gasteiger partial charge in [0.2, 0.25) is 5.91 Å². The van der Waals surface area contributed by atoms with Crippen molar-refractivity contribution in [2.75, 3.05) is 6.54 Å². The average Bonchev–Trinajstić information content (AvgIpc) is 2.40. The molecule has 1 saturated carbocycles. The van der Waals surface area contributed by atoms with Crippen molar-refractivity contribution in [3.63, 3.8) is 0 Å². The van der Waals surface area contributed by atoms with Gasteiger partial charge in [0.15, 0.2) is 0 Å². The zero-order valence-electron chi connectivity index (χ0n) is 11.9. The van der Waals surface area contributed by atoms with Crippen LogP contribution < -0.4 is 11.1 Å². The van der Waals surface area contributed by atoms with E-state index in [1.54, 1.807) is 0 Å². The molecule has 1 amide bonds. The van der Waals surface area contributed by atoms with E-state index in [0.29, 0.717) is 19.3 Å². The fourth-order valence-corrected chi connectivity index (χ4v) is 2.74. The van der Waals surface area contributed by atoms with Gasteiger partial charge in [-0.3, -0.25) is 9.59 Å². The second-order valence-corrected chi connectivity index (χ2v) is 5.63. The molecule has 19 heavy (non-hydrogen) atoms. The highest BCUT2D eigenvalue weighted by atomic mass is 16.4. The van der Waals surface area contributed by atoms with Gasteiger partial charge < -0.3 is 16.2 Å². The van der Waals surface area contributed by atoms with E-state index in [2.05, 4.69) is 5.32 Å². The van der Waals surface area contributed by atoms with Crippen molar-refractivity contribution in [1.29, 1.82) is 0 Å². The normalized spacial score (nSPS) is 23.9. The Balaban J connectivity index is 2.54. The van der Waals surface area contributed by atoms with E-state index in [0.717, 1.165) is 19.3 Å². The van der Waals surface area contributed by atoms with Crippen LogP contribution in [0, 0.1) is 11.3 Å². The molecular formula is C14H26N2O3. The van der Waals surface area contributed by atoms with E-state index < -0.39 is 11.4 Å². The smallest absolute Gasteiger partial charge is 0.311 e. The van der Waals surface area contributed by atoms with Crippen LogP contribution in [0.5, 0.6) is 0 Å². The molecule has 0 saturated heterocycles. The van der Waals surface area contributed by atoms with Gasteiger partial charge in [0.1, 0.15) is 0 Å². The predicted molar refractivity (Wildman–Crippen MR) is 73.6 cm³/mol. The van der Waals surface area contributed by atoms with Crippen LogP contribution in [0.15, 0.2) is 0 Å². The van der Waals surface area contributed by atoms with E-state index >= 15 is 0 Å². The van der Waals surface area contributed by atoms with Crippen LogP contribution in [0.2, 0.25) is 0 Å². The summed E-state index contributed by atoms with van der Waals surface area (Å²) < 4.78 is 0. The van der Waals surface area contributed by atoms with Gasteiger partial charge in [0, 0.05) is 18.5 Å². The third kappa shape index (κ3) is 3.93. The highest BCUT2D eigenvalue weighted by Crippen LogP contribution is 2.27. The molecular weight excluding hydrogens is 244 g/mol. The minimum Gasteiger partial charge on any atom is -0.481 e. The molecule has 0 aliphatic heterocycles. The molecule has 110 valence electrons. The Bertz CT molecular complexity index is 327. The summed E-state index contributed by atoms with van der Waals surface area (Å²) >= 11 is 0. The van der Waals surface area contributed by atoms with Crippen molar-refractivity contribution in [1.82, 2.24) is 5.32 Å². The first-order chi connectivity index (χ1) is 8.95. The molecule has 2 atom stereocenters. The van der Waals surface area contributed by atoms with Gasteiger partial charge in [-0.25, -0.2) is 0 Å². The van der Waals surface area contributed by atoms with Crippen LogP contribution in [0.1, 0.15) is 52.4 Å². The fourth-order valence-electron chi connectivity index (χ4n) is 2.74. The maximum absolute atomic E-state index is 12.1. The number of carbonyl (C=O) groups is 2. The third-order valence-corrected chi connectivity index (χ3v) is 4.49. The van der Waals surface area contributed by atoms with E-state index in [1.165, 1.54) is 0 Å². The molecule has 2 unspecified atom stereocenters.